The second-order valence-corrected chi connectivity index (χ2v) is 9.22. The van der Waals surface area contributed by atoms with Gasteiger partial charge in [0, 0.05) is 47.0 Å². The summed E-state index contributed by atoms with van der Waals surface area (Å²) in [6.07, 6.45) is 6.10. The molecule has 3 N–H and O–H groups in total. The van der Waals surface area contributed by atoms with E-state index < -0.39 is 0 Å². The number of pyridine rings is 2. The van der Waals surface area contributed by atoms with Gasteiger partial charge in [0.1, 0.15) is 17.0 Å². The number of nitrogens with zero attached hydrogens (tertiary/aromatic N) is 4. The van der Waals surface area contributed by atoms with Crippen LogP contribution in [0.5, 0.6) is 0 Å². The molecule has 7 heteroatoms. The van der Waals surface area contributed by atoms with Crippen LogP contribution in [0.25, 0.3) is 32.9 Å². The van der Waals surface area contributed by atoms with E-state index in [4.69, 9.17) is 15.7 Å². The highest BCUT2D eigenvalue weighted by molar-refractivity contribution is 7.15. The molecule has 164 valence electrons. The lowest BCUT2D eigenvalue weighted by Gasteiger charge is -2.16. The van der Waals surface area contributed by atoms with Crippen molar-refractivity contribution >= 4 is 28.1 Å². The highest BCUT2D eigenvalue weighted by Gasteiger charge is 2.16. The van der Waals surface area contributed by atoms with Crippen LogP contribution in [0.4, 0.5) is 5.82 Å². The zero-order valence-corrected chi connectivity index (χ0v) is 19.1. The first kappa shape index (κ1) is 21.2. The summed E-state index contributed by atoms with van der Waals surface area (Å²) < 4.78 is 0. The van der Waals surface area contributed by atoms with Gasteiger partial charge in [-0.2, -0.15) is 0 Å². The van der Waals surface area contributed by atoms with Crippen LogP contribution in [0.3, 0.4) is 0 Å². The maximum Gasteiger partial charge on any atom is 0.162 e. The number of fused-ring (bicyclic) bond motifs is 1. The Balaban J connectivity index is 1.54. The summed E-state index contributed by atoms with van der Waals surface area (Å²) in [5, 5.41) is 4.41. The minimum absolute atomic E-state index is 0.0527. The molecule has 5 rings (SSSR count). The molecule has 4 heterocycles. The van der Waals surface area contributed by atoms with Gasteiger partial charge in [0.2, 0.25) is 0 Å². The van der Waals surface area contributed by atoms with Gasteiger partial charge < -0.3 is 11.1 Å². The van der Waals surface area contributed by atoms with Crippen LogP contribution in [0.2, 0.25) is 0 Å². The molecule has 0 aliphatic heterocycles. The van der Waals surface area contributed by atoms with E-state index in [1.807, 2.05) is 42.6 Å². The average Bonchev–Trinajstić information content (AvgIpc) is 3.29. The Kier molecular flexibility index (Phi) is 6.06. The molecule has 0 aliphatic carbocycles. The molecular formula is C26H24N6S. The van der Waals surface area contributed by atoms with Crippen molar-refractivity contribution in [2.75, 3.05) is 11.9 Å². The van der Waals surface area contributed by atoms with Gasteiger partial charge in [-0.05, 0) is 49.2 Å². The van der Waals surface area contributed by atoms with Crippen molar-refractivity contribution in [3.63, 3.8) is 0 Å². The van der Waals surface area contributed by atoms with Crippen molar-refractivity contribution in [3.05, 3.63) is 89.7 Å². The predicted molar refractivity (Wildman–Crippen MR) is 135 cm³/mol. The average molecular weight is 453 g/mol. The van der Waals surface area contributed by atoms with Crippen LogP contribution >= 0.6 is 11.3 Å². The molecular weight excluding hydrogens is 428 g/mol. The number of aryl methyl sites for hydroxylation is 1. The number of hydrogen-bond acceptors (Lipinski definition) is 7. The number of hydrogen-bond donors (Lipinski definition) is 2. The molecule has 6 nitrogen and oxygen atoms in total. The van der Waals surface area contributed by atoms with Gasteiger partial charge in [-0.15, -0.1) is 11.3 Å². The molecule has 0 bridgehead atoms. The summed E-state index contributed by atoms with van der Waals surface area (Å²) in [4.78, 5) is 20.9. The summed E-state index contributed by atoms with van der Waals surface area (Å²) in [7, 11) is 0. The second kappa shape index (κ2) is 9.44. The summed E-state index contributed by atoms with van der Waals surface area (Å²) in [6, 6.07) is 20.2. The molecule has 0 saturated heterocycles. The fraction of sp³-hybridized carbons (Fsp3) is 0.154. The van der Waals surface area contributed by atoms with Crippen LogP contribution in [0.1, 0.15) is 10.4 Å². The monoisotopic (exact) mass is 452 g/mol. The molecule has 0 amide bonds. The first-order valence-corrected chi connectivity index (χ1v) is 11.7. The van der Waals surface area contributed by atoms with Crippen LogP contribution < -0.4 is 11.1 Å². The van der Waals surface area contributed by atoms with E-state index in [9.17, 15) is 0 Å². The number of thiophene rings is 1. The van der Waals surface area contributed by atoms with E-state index in [2.05, 4.69) is 46.5 Å². The van der Waals surface area contributed by atoms with E-state index >= 15 is 0 Å². The van der Waals surface area contributed by atoms with E-state index in [1.54, 1.807) is 23.7 Å². The maximum atomic E-state index is 6.45. The number of nitrogens with two attached hydrogens (primary N) is 1. The lowest BCUT2D eigenvalue weighted by atomic mass is 10.1. The lowest BCUT2D eigenvalue weighted by Crippen LogP contribution is -2.31. The van der Waals surface area contributed by atoms with Gasteiger partial charge in [0.15, 0.2) is 5.82 Å². The standard InChI is InChI=1S/C26H24N6S/c1-17-7-8-22(33-17)24-23-21(11-14-29-24)26(32-25(31-23)19-9-12-28-13-10-19)30-16-20(27)15-18-5-3-2-4-6-18/h2-14,20H,15-16,27H2,1H3,(H,30,31,32)/t20-/m1/s1. The normalized spacial score (nSPS) is 12.1. The predicted octanol–water partition coefficient (Wildman–Crippen LogP) is 5.11. The van der Waals surface area contributed by atoms with E-state index in [0.717, 1.165) is 39.3 Å². The summed E-state index contributed by atoms with van der Waals surface area (Å²) in [5.74, 6) is 1.39. The fourth-order valence-corrected chi connectivity index (χ4v) is 4.64. The number of rotatable bonds is 7. The van der Waals surface area contributed by atoms with Crippen molar-refractivity contribution in [1.82, 2.24) is 19.9 Å². The van der Waals surface area contributed by atoms with Crippen molar-refractivity contribution in [3.8, 4) is 22.0 Å². The van der Waals surface area contributed by atoms with Gasteiger partial charge in [-0.25, -0.2) is 9.97 Å². The zero-order chi connectivity index (χ0) is 22.6. The Morgan fingerprint density at radius 1 is 0.939 bits per heavy atom. The van der Waals surface area contributed by atoms with Crippen molar-refractivity contribution in [2.45, 2.75) is 19.4 Å². The van der Waals surface area contributed by atoms with E-state index in [0.29, 0.717) is 12.4 Å². The highest BCUT2D eigenvalue weighted by Crippen LogP contribution is 2.34. The molecule has 0 spiro atoms. The third-order valence-corrected chi connectivity index (χ3v) is 6.41. The molecule has 5 aromatic rings. The van der Waals surface area contributed by atoms with Crippen molar-refractivity contribution in [2.24, 2.45) is 5.73 Å². The minimum atomic E-state index is -0.0527. The Hall–Kier alpha value is -3.68. The van der Waals surface area contributed by atoms with Crippen LogP contribution in [-0.2, 0) is 6.42 Å². The van der Waals surface area contributed by atoms with Crippen molar-refractivity contribution < 1.29 is 0 Å². The maximum absolute atomic E-state index is 6.45. The van der Waals surface area contributed by atoms with Gasteiger partial charge in [0.25, 0.3) is 0 Å². The Morgan fingerprint density at radius 2 is 1.76 bits per heavy atom. The Morgan fingerprint density at radius 3 is 2.52 bits per heavy atom. The first-order chi connectivity index (χ1) is 16.2. The quantitative estimate of drug-likeness (QED) is 0.357. The first-order valence-electron chi connectivity index (χ1n) is 10.8. The Bertz CT molecular complexity index is 1370. The molecule has 4 aromatic heterocycles. The minimum Gasteiger partial charge on any atom is -0.368 e. The summed E-state index contributed by atoms with van der Waals surface area (Å²) >= 11 is 1.71. The van der Waals surface area contributed by atoms with Gasteiger partial charge >= 0.3 is 0 Å². The fourth-order valence-electron chi connectivity index (χ4n) is 3.78. The molecule has 0 aliphatic rings. The third kappa shape index (κ3) is 4.74. The number of anilines is 1. The molecule has 0 fully saturated rings. The number of benzene rings is 1. The largest absolute Gasteiger partial charge is 0.368 e. The van der Waals surface area contributed by atoms with Crippen LogP contribution in [0, 0.1) is 6.92 Å². The van der Waals surface area contributed by atoms with E-state index in [-0.39, 0.29) is 6.04 Å². The van der Waals surface area contributed by atoms with Crippen LogP contribution in [0.15, 0.2) is 79.3 Å². The number of aromatic nitrogens is 4. The molecule has 33 heavy (non-hydrogen) atoms. The SMILES string of the molecule is Cc1ccc(-c2nccc3c(NC[C@H](N)Cc4ccccc4)nc(-c4ccncc4)nc23)s1. The highest BCUT2D eigenvalue weighted by atomic mass is 32.1. The topological polar surface area (TPSA) is 89.6 Å². The van der Waals surface area contributed by atoms with Crippen LogP contribution in [-0.4, -0.2) is 32.5 Å². The molecule has 1 atom stereocenters. The summed E-state index contributed by atoms with van der Waals surface area (Å²) in [5.41, 5.74) is 10.2. The van der Waals surface area contributed by atoms with Gasteiger partial charge in [0.05, 0.1) is 4.88 Å². The smallest absolute Gasteiger partial charge is 0.162 e. The Labute approximate surface area is 196 Å². The lowest BCUT2D eigenvalue weighted by molar-refractivity contribution is 0.698. The molecule has 0 saturated carbocycles. The zero-order valence-electron chi connectivity index (χ0n) is 18.3. The molecule has 0 radical (unpaired) electrons. The number of nitrogens with one attached hydrogen (secondary N) is 1. The molecule has 0 unspecified atom stereocenters. The van der Waals surface area contributed by atoms with Gasteiger partial charge in [-0.1, -0.05) is 30.3 Å². The van der Waals surface area contributed by atoms with Gasteiger partial charge in [-0.3, -0.25) is 9.97 Å². The van der Waals surface area contributed by atoms with E-state index in [1.165, 1.54) is 10.4 Å². The third-order valence-electron chi connectivity index (χ3n) is 5.40. The molecule has 1 aromatic carbocycles. The second-order valence-electron chi connectivity index (χ2n) is 7.93. The van der Waals surface area contributed by atoms with Crippen molar-refractivity contribution in [1.29, 1.82) is 0 Å². The summed E-state index contributed by atoms with van der Waals surface area (Å²) in [6.45, 7) is 2.68.